The largest absolute Gasteiger partial charge is 0.478 e. The SMILES string of the molecule is O=C(O)c1cc(-n2c(-c3ccc(F)cc3)n[nH]c2=S)ccc1Cl. The Labute approximate surface area is 140 Å². The highest BCUT2D eigenvalue weighted by molar-refractivity contribution is 7.71. The van der Waals surface area contributed by atoms with Gasteiger partial charge in [0.1, 0.15) is 5.82 Å². The third-order valence-electron chi connectivity index (χ3n) is 3.21. The zero-order chi connectivity index (χ0) is 16.6. The van der Waals surface area contributed by atoms with Gasteiger partial charge in [-0.15, -0.1) is 0 Å². The van der Waals surface area contributed by atoms with Crippen molar-refractivity contribution in [1.29, 1.82) is 0 Å². The van der Waals surface area contributed by atoms with Crippen LogP contribution < -0.4 is 0 Å². The number of rotatable bonds is 3. The molecule has 0 bridgehead atoms. The van der Waals surface area contributed by atoms with Crippen molar-refractivity contribution >= 4 is 29.8 Å². The van der Waals surface area contributed by atoms with E-state index in [-0.39, 0.29) is 21.2 Å². The monoisotopic (exact) mass is 349 g/mol. The number of nitrogens with zero attached hydrogens (tertiary/aromatic N) is 2. The zero-order valence-corrected chi connectivity index (χ0v) is 13.0. The van der Waals surface area contributed by atoms with Gasteiger partial charge in [-0.3, -0.25) is 9.67 Å². The number of hydrogen-bond donors (Lipinski definition) is 2. The van der Waals surface area contributed by atoms with Crippen LogP contribution in [0.3, 0.4) is 0 Å². The lowest BCUT2D eigenvalue weighted by atomic mass is 10.1. The molecular formula is C15H9ClFN3O2S. The molecule has 1 aromatic heterocycles. The van der Waals surface area contributed by atoms with Gasteiger partial charge in [0.15, 0.2) is 10.6 Å². The minimum absolute atomic E-state index is 0.0441. The average Bonchev–Trinajstić information content (AvgIpc) is 2.90. The topological polar surface area (TPSA) is 70.9 Å². The molecule has 5 nitrogen and oxygen atoms in total. The van der Waals surface area contributed by atoms with E-state index >= 15 is 0 Å². The molecule has 3 aromatic rings. The fraction of sp³-hybridized carbons (Fsp3) is 0. The number of carbonyl (C=O) groups is 1. The van der Waals surface area contributed by atoms with Gasteiger partial charge in [0, 0.05) is 5.56 Å². The number of aromatic carboxylic acids is 1. The van der Waals surface area contributed by atoms with Crippen molar-refractivity contribution in [3.05, 3.63) is 63.6 Å². The molecule has 3 rings (SSSR count). The number of carboxylic acids is 1. The summed E-state index contributed by atoms with van der Waals surface area (Å²) in [6.07, 6.45) is 0. The van der Waals surface area contributed by atoms with Crippen molar-refractivity contribution in [1.82, 2.24) is 14.8 Å². The van der Waals surface area contributed by atoms with Crippen molar-refractivity contribution in [3.63, 3.8) is 0 Å². The highest BCUT2D eigenvalue weighted by Crippen LogP contribution is 2.25. The van der Waals surface area contributed by atoms with E-state index in [0.717, 1.165) is 0 Å². The number of aromatic nitrogens is 3. The molecule has 0 aliphatic carbocycles. The second-order valence-corrected chi connectivity index (χ2v) is 5.46. The molecule has 0 spiro atoms. The van der Waals surface area contributed by atoms with Gasteiger partial charge in [-0.05, 0) is 54.7 Å². The van der Waals surface area contributed by atoms with Crippen molar-refractivity contribution < 1.29 is 14.3 Å². The second kappa shape index (κ2) is 5.94. The van der Waals surface area contributed by atoms with Gasteiger partial charge in [-0.1, -0.05) is 11.6 Å². The Balaban J connectivity index is 2.20. The summed E-state index contributed by atoms with van der Waals surface area (Å²) >= 11 is 11.1. The molecule has 0 atom stereocenters. The zero-order valence-electron chi connectivity index (χ0n) is 11.5. The van der Waals surface area contributed by atoms with E-state index in [9.17, 15) is 14.3 Å². The summed E-state index contributed by atoms with van der Waals surface area (Å²) in [6, 6.07) is 10.2. The lowest BCUT2D eigenvalue weighted by Crippen LogP contribution is -2.02. The number of benzene rings is 2. The van der Waals surface area contributed by atoms with Gasteiger partial charge in [-0.25, -0.2) is 9.18 Å². The first-order valence-electron chi connectivity index (χ1n) is 6.44. The minimum Gasteiger partial charge on any atom is -0.478 e. The lowest BCUT2D eigenvalue weighted by molar-refractivity contribution is 0.0697. The summed E-state index contributed by atoms with van der Waals surface area (Å²) in [5.74, 6) is -1.07. The summed E-state index contributed by atoms with van der Waals surface area (Å²) in [4.78, 5) is 11.2. The molecule has 0 fully saturated rings. The summed E-state index contributed by atoms with van der Waals surface area (Å²) in [5, 5.41) is 16.1. The molecule has 2 N–H and O–H groups in total. The Hall–Kier alpha value is -2.51. The maximum absolute atomic E-state index is 13.1. The van der Waals surface area contributed by atoms with Crippen LogP contribution in [0, 0.1) is 10.6 Å². The average molecular weight is 350 g/mol. The molecule has 0 amide bonds. The first kappa shape index (κ1) is 15.4. The Bertz CT molecular complexity index is 950. The van der Waals surface area contributed by atoms with E-state index in [1.165, 1.54) is 24.3 Å². The smallest absolute Gasteiger partial charge is 0.337 e. The summed E-state index contributed by atoms with van der Waals surface area (Å²) < 4.78 is 14.9. The highest BCUT2D eigenvalue weighted by Gasteiger charge is 2.15. The van der Waals surface area contributed by atoms with Crippen LogP contribution in [0.4, 0.5) is 4.39 Å². The highest BCUT2D eigenvalue weighted by atomic mass is 35.5. The van der Waals surface area contributed by atoms with E-state index in [1.54, 1.807) is 22.8 Å². The van der Waals surface area contributed by atoms with Crippen LogP contribution in [0.15, 0.2) is 42.5 Å². The molecule has 0 saturated carbocycles. The van der Waals surface area contributed by atoms with E-state index in [0.29, 0.717) is 17.1 Å². The molecule has 0 aliphatic heterocycles. The third kappa shape index (κ3) is 2.88. The normalized spacial score (nSPS) is 10.7. The molecule has 0 unspecified atom stereocenters. The molecule has 0 aliphatic rings. The van der Waals surface area contributed by atoms with Crippen LogP contribution in [0.5, 0.6) is 0 Å². The molecular weight excluding hydrogens is 341 g/mol. The standard InChI is InChI=1S/C15H9ClFN3O2S/c16-12-6-5-10(7-11(12)14(21)22)20-13(18-19-15(20)23)8-1-3-9(17)4-2-8/h1-7H,(H,19,23)(H,21,22). The van der Waals surface area contributed by atoms with Crippen molar-refractivity contribution in [2.45, 2.75) is 0 Å². The number of carboxylic acid groups (broad SMARTS) is 1. The Morgan fingerprint density at radius 2 is 1.96 bits per heavy atom. The predicted octanol–water partition coefficient (Wildman–Crippen LogP) is 4.09. The van der Waals surface area contributed by atoms with Gasteiger partial charge in [0.05, 0.1) is 16.3 Å². The molecule has 23 heavy (non-hydrogen) atoms. The maximum Gasteiger partial charge on any atom is 0.337 e. The van der Waals surface area contributed by atoms with Crippen LogP contribution in [-0.2, 0) is 0 Å². The first-order chi connectivity index (χ1) is 11.0. The number of halogens is 2. The quantitative estimate of drug-likeness (QED) is 0.699. The maximum atomic E-state index is 13.1. The van der Waals surface area contributed by atoms with Crippen LogP contribution in [0.1, 0.15) is 10.4 Å². The molecule has 2 aromatic carbocycles. The predicted molar refractivity (Wildman–Crippen MR) is 86.1 cm³/mol. The Kier molecular flexibility index (Phi) is 3.97. The summed E-state index contributed by atoms with van der Waals surface area (Å²) in [5.41, 5.74) is 1.08. The minimum atomic E-state index is -1.14. The fourth-order valence-corrected chi connectivity index (χ4v) is 2.58. The Morgan fingerprint density at radius 1 is 1.26 bits per heavy atom. The van der Waals surface area contributed by atoms with E-state index in [2.05, 4.69) is 10.2 Å². The van der Waals surface area contributed by atoms with Gasteiger partial charge >= 0.3 is 5.97 Å². The third-order valence-corrected chi connectivity index (χ3v) is 3.82. The number of hydrogen-bond acceptors (Lipinski definition) is 3. The van der Waals surface area contributed by atoms with E-state index < -0.39 is 5.97 Å². The summed E-state index contributed by atoms with van der Waals surface area (Å²) in [7, 11) is 0. The van der Waals surface area contributed by atoms with Crippen molar-refractivity contribution in [2.75, 3.05) is 0 Å². The molecule has 116 valence electrons. The molecule has 1 heterocycles. The van der Waals surface area contributed by atoms with Gasteiger partial charge in [0.25, 0.3) is 0 Å². The van der Waals surface area contributed by atoms with Gasteiger partial charge in [-0.2, -0.15) is 5.10 Å². The van der Waals surface area contributed by atoms with Crippen LogP contribution in [-0.4, -0.2) is 25.8 Å². The molecule has 8 heteroatoms. The second-order valence-electron chi connectivity index (χ2n) is 4.66. The number of H-pyrrole nitrogens is 1. The van der Waals surface area contributed by atoms with Crippen molar-refractivity contribution in [2.24, 2.45) is 0 Å². The van der Waals surface area contributed by atoms with Gasteiger partial charge in [0.2, 0.25) is 0 Å². The van der Waals surface area contributed by atoms with Gasteiger partial charge < -0.3 is 5.11 Å². The van der Waals surface area contributed by atoms with Crippen LogP contribution >= 0.6 is 23.8 Å². The number of aromatic amines is 1. The number of nitrogens with one attached hydrogen (secondary N) is 1. The lowest BCUT2D eigenvalue weighted by Gasteiger charge is -2.09. The molecule has 0 radical (unpaired) electrons. The first-order valence-corrected chi connectivity index (χ1v) is 7.22. The molecule has 0 saturated heterocycles. The van der Waals surface area contributed by atoms with E-state index in [4.69, 9.17) is 23.8 Å². The fourth-order valence-electron chi connectivity index (χ4n) is 2.15. The van der Waals surface area contributed by atoms with Crippen molar-refractivity contribution in [3.8, 4) is 17.1 Å². The summed E-state index contributed by atoms with van der Waals surface area (Å²) in [6.45, 7) is 0. The van der Waals surface area contributed by atoms with Crippen LogP contribution in [0.25, 0.3) is 17.1 Å². The van der Waals surface area contributed by atoms with Crippen LogP contribution in [0.2, 0.25) is 5.02 Å². The van der Waals surface area contributed by atoms with E-state index in [1.807, 2.05) is 0 Å². The Morgan fingerprint density at radius 3 is 2.61 bits per heavy atom.